The van der Waals surface area contributed by atoms with Crippen molar-refractivity contribution in [3.63, 3.8) is 0 Å². The first-order valence-corrected chi connectivity index (χ1v) is 2.03. The highest BCUT2D eigenvalue weighted by Gasteiger charge is 1.91. The van der Waals surface area contributed by atoms with Crippen LogP contribution in [0.25, 0.3) is 0 Å². The smallest absolute Gasteiger partial charge is 0.0478 e. The van der Waals surface area contributed by atoms with Crippen molar-refractivity contribution >= 4 is 0 Å². The molecule has 5 N–H and O–H groups in total. The lowest BCUT2D eigenvalue weighted by Crippen LogP contribution is -2.04. The summed E-state index contributed by atoms with van der Waals surface area (Å²) in [6, 6.07) is 0. The summed E-state index contributed by atoms with van der Waals surface area (Å²) in [6.07, 6.45) is 0. The Hall–Kier alpha value is -0.120. The molecule has 0 aromatic rings. The van der Waals surface area contributed by atoms with E-state index in [1.807, 2.05) is 0 Å². The van der Waals surface area contributed by atoms with Crippen LogP contribution in [0.2, 0.25) is 0 Å². The molecular formula is C4H13NO2. The molecule has 0 aliphatic rings. The van der Waals surface area contributed by atoms with Gasteiger partial charge in [-0.3, -0.25) is 0 Å². The average Bonchev–Trinajstić information content (AvgIpc) is 1.65. The number of aliphatic hydroxyl groups excluding tert-OH is 2. The second kappa shape index (κ2) is 5.88. The first-order chi connectivity index (χ1) is 2.81. The Morgan fingerprint density at radius 2 is 1.57 bits per heavy atom. The second-order valence-electron chi connectivity index (χ2n) is 1.47. The molecule has 0 fully saturated rings. The average molecular weight is 107 g/mol. The van der Waals surface area contributed by atoms with E-state index >= 15 is 0 Å². The molecule has 0 bridgehead atoms. The van der Waals surface area contributed by atoms with E-state index in [0.29, 0.717) is 0 Å². The lowest BCUT2D eigenvalue weighted by atomic mass is 10.2. The van der Waals surface area contributed by atoms with Gasteiger partial charge in [0.15, 0.2) is 0 Å². The van der Waals surface area contributed by atoms with E-state index in [9.17, 15) is 0 Å². The van der Waals surface area contributed by atoms with Crippen LogP contribution in [0.15, 0.2) is 0 Å². The summed E-state index contributed by atoms with van der Waals surface area (Å²) in [5.41, 5.74) is 0. The first kappa shape index (κ1) is 9.99. The fraction of sp³-hybridized carbons (Fsp3) is 1.00. The molecule has 0 rings (SSSR count). The van der Waals surface area contributed by atoms with Gasteiger partial charge in [0, 0.05) is 19.1 Å². The van der Waals surface area contributed by atoms with Crippen LogP contribution in [0, 0.1) is 5.92 Å². The molecular weight excluding hydrogens is 94.0 g/mol. The van der Waals surface area contributed by atoms with Crippen LogP contribution < -0.4 is 6.15 Å². The SMILES string of the molecule is CC(CO)CO.N. The van der Waals surface area contributed by atoms with Crippen molar-refractivity contribution in [3.05, 3.63) is 0 Å². The van der Waals surface area contributed by atoms with Crippen molar-refractivity contribution in [2.24, 2.45) is 5.92 Å². The molecule has 0 saturated heterocycles. The maximum atomic E-state index is 8.17. The number of aliphatic hydroxyl groups is 2. The van der Waals surface area contributed by atoms with Crippen molar-refractivity contribution in [1.82, 2.24) is 6.15 Å². The van der Waals surface area contributed by atoms with E-state index in [0.717, 1.165) is 0 Å². The van der Waals surface area contributed by atoms with Gasteiger partial charge in [0.1, 0.15) is 0 Å². The molecule has 0 heterocycles. The van der Waals surface area contributed by atoms with E-state index in [1.54, 1.807) is 6.92 Å². The van der Waals surface area contributed by atoms with E-state index in [4.69, 9.17) is 10.2 Å². The molecule has 3 nitrogen and oxygen atoms in total. The van der Waals surface area contributed by atoms with E-state index in [2.05, 4.69) is 0 Å². The third kappa shape index (κ3) is 5.88. The van der Waals surface area contributed by atoms with E-state index < -0.39 is 0 Å². The number of hydrogen-bond donors (Lipinski definition) is 3. The minimum atomic E-state index is 0. The van der Waals surface area contributed by atoms with Gasteiger partial charge in [0.05, 0.1) is 0 Å². The largest absolute Gasteiger partial charge is 0.396 e. The summed E-state index contributed by atoms with van der Waals surface area (Å²) in [7, 11) is 0. The van der Waals surface area contributed by atoms with Crippen molar-refractivity contribution in [2.45, 2.75) is 6.92 Å². The van der Waals surface area contributed by atoms with Crippen LogP contribution in [0.3, 0.4) is 0 Å². The summed E-state index contributed by atoms with van der Waals surface area (Å²) < 4.78 is 0. The Morgan fingerprint density at radius 3 is 1.57 bits per heavy atom. The highest BCUT2D eigenvalue weighted by molar-refractivity contribution is 4.41. The normalized spacial score (nSPS) is 8.57. The molecule has 46 valence electrons. The predicted octanol–water partition coefficient (Wildman–Crippen LogP) is -0.231. The zero-order valence-electron chi connectivity index (χ0n) is 4.59. The van der Waals surface area contributed by atoms with Gasteiger partial charge in [0.25, 0.3) is 0 Å². The van der Waals surface area contributed by atoms with Gasteiger partial charge in [0.2, 0.25) is 0 Å². The van der Waals surface area contributed by atoms with Crippen molar-refractivity contribution < 1.29 is 10.2 Å². The monoisotopic (exact) mass is 107 g/mol. The Bertz CT molecular complexity index is 28.9. The lowest BCUT2D eigenvalue weighted by molar-refractivity contribution is 0.162. The molecule has 0 spiro atoms. The van der Waals surface area contributed by atoms with Crippen molar-refractivity contribution in [1.29, 1.82) is 0 Å². The highest BCUT2D eigenvalue weighted by atomic mass is 16.3. The second-order valence-corrected chi connectivity index (χ2v) is 1.47. The van der Waals surface area contributed by atoms with Crippen LogP contribution in [0.1, 0.15) is 6.92 Å². The molecule has 0 saturated carbocycles. The molecule has 0 aromatic carbocycles. The van der Waals surface area contributed by atoms with Crippen LogP contribution in [-0.4, -0.2) is 23.4 Å². The lowest BCUT2D eigenvalue weighted by Gasteiger charge is -1.97. The quantitative estimate of drug-likeness (QED) is 0.456. The van der Waals surface area contributed by atoms with Crippen LogP contribution in [0.5, 0.6) is 0 Å². The Labute approximate surface area is 43.6 Å². The molecule has 0 aromatic heterocycles. The zero-order valence-corrected chi connectivity index (χ0v) is 4.59. The maximum Gasteiger partial charge on any atom is 0.0478 e. The molecule has 7 heavy (non-hydrogen) atoms. The molecule has 0 unspecified atom stereocenters. The van der Waals surface area contributed by atoms with Gasteiger partial charge < -0.3 is 16.4 Å². The fourth-order valence-corrected chi connectivity index (χ4v) is 0.0577. The summed E-state index contributed by atoms with van der Waals surface area (Å²) in [5.74, 6) is 0.0463. The van der Waals surface area contributed by atoms with Crippen molar-refractivity contribution in [3.8, 4) is 0 Å². The third-order valence-corrected chi connectivity index (χ3v) is 0.623. The number of hydrogen-bond acceptors (Lipinski definition) is 3. The minimum Gasteiger partial charge on any atom is -0.396 e. The predicted molar refractivity (Wildman–Crippen MR) is 28.4 cm³/mol. The maximum absolute atomic E-state index is 8.17. The van der Waals surface area contributed by atoms with Gasteiger partial charge in [-0.1, -0.05) is 6.92 Å². The van der Waals surface area contributed by atoms with Gasteiger partial charge in [-0.05, 0) is 0 Å². The number of rotatable bonds is 2. The fourth-order valence-electron chi connectivity index (χ4n) is 0.0577. The Kier molecular flexibility index (Phi) is 8.39. The van der Waals surface area contributed by atoms with Crippen LogP contribution in [-0.2, 0) is 0 Å². The highest BCUT2D eigenvalue weighted by Crippen LogP contribution is 1.85. The standard InChI is InChI=1S/C4H10O2.H3N/c1-4(2-5)3-6;/h4-6H,2-3H2,1H3;1H3. The van der Waals surface area contributed by atoms with Crippen LogP contribution in [0.4, 0.5) is 0 Å². The summed E-state index contributed by atoms with van der Waals surface area (Å²) in [6.45, 7) is 1.94. The molecule has 3 heteroatoms. The van der Waals surface area contributed by atoms with E-state index in [-0.39, 0.29) is 25.3 Å². The van der Waals surface area contributed by atoms with Gasteiger partial charge in [-0.15, -0.1) is 0 Å². The molecule has 0 aliphatic carbocycles. The van der Waals surface area contributed by atoms with Gasteiger partial charge in [-0.25, -0.2) is 0 Å². The molecule has 0 radical (unpaired) electrons. The molecule has 0 amide bonds. The first-order valence-electron chi connectivity index (χ1n) is 2.03. The summed E-state index contributed by atoms with van der Waals surface area (Å²) in [4.78, 5) is 0. The minimum absolute atomic E-state index is 0. The summed E-state index contributed by atoms with van der Waals surface area (Å²) >= 11 is 0. The Balaban J connectivity index is 0. The van der Waals surface area contributed by atoms with Crippen molar-refractivity contribution in [2.75, 3.05) is 13.2 Å². The Morgan fingerprint density at radius 1 is 1.29 bits per heavy atom. The van der Waals surface area contributed by atoms with Gasteiger partial charge >= 0.3 is 0 Å². The van der Waals surface area contributed by atoms with Gasteiger partial charge in [-0.2, -0.15) is 0 Å². The zero-order chi connectivity index (χ0) is 4.99. The topological polar surface area (TPSA) is 75.5 Å². The third-order valence-electron chi connectivity index (χ3n) is 0.623. The van der Waals surface area contributed by atoms with E-state index in [1.165, 1.54) is 0 Å². The molecule has 0 aliphatic heterocycles. The van der Waals surface area contributed by atoms with Crippen LogP contribution >= 0.6 is 0 Å². The summed E-state index contributed by atoms with van der Waals surface area (Å²) in [5, 5.41) is 16.3. The molecule has 0 atom stereocenters.